The summed E-state index contributed by atoms with van der Waals surface area (Å²) in [6, 6.07) is 16.2. The first-order valence-electron chi connectivity index (χ1n) is 11.1. The Balaban J connectivity index is 1.62. The van der Waals surface area contributed by atoms with Crippen molar-refractivity contribution in [2.45, 2.75) is 37.7 Å². The van der Waals surface area contributed by atoms with Gasteiger partial charge in [-0.2, -0.15) is 4.98 Å². The zero-order valence-corrected chi connectivity index (χ0v) is 20.1. The van der Waals surface area contributed by atoms with Gasteiger partial charge in [-0.15, -0.1) is 11.8 Å². The molecular formula is C27H25N3O3S. The van der Waals surface area contributed by atoms with Crippen molar-refractivity contribution >= 4 is 11.8 Å². The number of para-hydroxylation sites is 1. The van der Waals surface area contributed by atoms with Crippen molar-refractivity contribution in [1.29, 1.82) is 0 Å². The van der Waals surface area contributed by atoms with Crippen LogP contribution in [0.1, 0.15) is 33.5 Å². The predicted molar refractivity (Wildman–Crippen MR) is 133 cm³/mol. The van der Waals surface area contributed by atoms with Gasteiger partial charge < -0.3 is 14.6 Å². The lowest BCUT2D eigenvalue weighted by Crippen LogP contribution is -2.13. The van der Waals surface area contributed by atoms with Crippen LogP contribution in [0.3, 0.4) is 0 Å². The lowest BCUT2D eigenvalue weighted by Gasteiger charge is -2.24. The molecule has 0 atom stereocenters. The van der Waals surface area contributed by atoms with E-state index in [1.165, 1.54) is 11.1 Å². The van der Waals surface area contributed by atoms with Gasteiger partial charge in [0.1, 0.15) is 10.8 Å². The first-order valence-corrected chi connectivity index (χ1v) is 12.0. The van der Waals surface area contributed by atoms with Crippen molar-refractivity contribution in [3.8, 4) is 28.8 Å². The highest BCUT2D eigenvalue weighted by Crippen LogP contribution is 2.43. The number of thioether (sulfide) groups is 1. The van der Waals surface area contributed by atoms with E-state index >= 15 is 0 Å². The Morgan fingerprint density at radius 2 is 1.91 bits per heavy atom. The fourth-order valence-electron chi connectivity index (χ4n) is 4.12. The van der Waals surface area contributed by atoms with Crippen LogP contribution in [0.5, 0.6) is 17.4 Å². The van der Waals surface area contributed by atoms with Crippen molar-refractivity contribution < 1.29 is 14.6 Å². The van der Waals surface area contributed by atoms with Crippen LogP contribution in [0.15, 0.2) is 59.8 Å². The van der Waals surface area contributed by atoms with Crippen molar-refractivity contribution in [2.24, 2.45) is 0 Å². The van der Waals surface area contributed by atoms with Gasteiger partial charge in [-0.3, -0.25) is 4.98 Å². The van der Waals surface area contributed by atoms with E-state index in [2.05, 4.69) is 36.2 Å². The van der Waals surface area contributed by atoms with Crippen LogP contribution < -0.4 is 9.47 Å². The van der Waals surface area contributed by atoms with Crippen LogP contribution in [0.4, 0.5) is 0 Å². The van der Waals surface area contributed by atoms with Crippen LogP contribution in [0.25, 0.3) is 11.4 Å². The molecule has 0 amide bonds. The Morgan fingerprint density at radius 1 is 1.06 bits per heavy atom. The van der Waals surface area contributed by atoms with E-state index in [9.17, 15) is 5.11 Å². The Morgan fingerprint density at radius 3 is 2.71 bits per heavy atom. The summed E-state index contributed by atoms with van der Waals surface area (Å²) >= 11 is 1.66. The Hall–Kier alpha value is -3.42. The summed E-state index contributed by atoms with van der Waals surface area (Å²) in [5.41, 5.74) is 6.64. The molecule has 0 saturated heterocycles. The molecule has 0 radical (unpaired) electrons. The number of aliphatic hydroxyl groups excluding tert-OH is 1. The number of aromatic nitrogens is 3. The van der Waals surface area contributed by atoms with Gasteiger partial charge >= 0.3 is 0 Å². The van der Waals surface area contributed by atoms with E-state index in [0.29, 0.717) is 29.6 Å². The second kappa shape index (κ2) is 9.44. The summed E-state index contributed by atoms with van der Waals surface area (Å²) < 4.78 is 11.9. The maximum Gasteiger partial charge on any atom is 0.227 e. The van der Waals surface area contributed by atoms with Crippen molar-refractivity contribution in [2.75, 3.05) is 7.11 Å². The maximum atomic E-state index is 9.88. The highest BCUT2D eigenvalue weighted by Gasteiger charge is 2.28. The minimum atomic E-state index is -0.0970. The number of fused-ring (bicyclic) bond motifs is 2. The Labute approximate surface area is 203 Å². The third-order valence-corrected chi connectivity index (χ3v) is 6.95. The van der Waals surface area contributed by atoms with Crippen LogP contribution in [-0.2, 0) is 18.8 Å². The van der Waals surface area contributed by atoms with Gasteiger partial charge in [-0.25, -0.2) is 4.98 Å². The maximum absolute atomic E-state index is 9.88. The molecule has 7 heteroatoms. The fourth-order valence-corrected chi connectivity index (χ4v) is 5.08. The number of rotatable bonds is 6. The number of aryl methyl sites for hydroxylation is 2. The zero-order chi connectivity index (χ0) is 23.7. The van der Waals surface area contributed by atoms with Crippen molar-refractivity contribution in [3.63, 3.8) is 0 Å². The second-order valence-electron chi connectivity index (χ2n) is 8.23. The summed E-state index contributed by atoms with van der Waals surface area (Å²) in [4.78, 5) is 14.2. The van der Waals surface area contributed by atoms with E-state index in [1.807, 2.05) is 31.2 Å². The normalized spacial score (nSPS) is 12.0. The zero-order valence-electron chi connectivity index (χ0n) is 19.3. The highest BCUT2D eigenvalue weighted by molar-refractivity contribution is 7.98. The molecule has 2 aromatic carbocycles. The standard InChI is InChI=1S/C27H25N3O3S/c1-16-7-6-8-18(11-16)15-34-27-22-12-21-19(14-31)13-28-17(2)24(21)33-26(22)29-25(30-27)20-9-4-5-10-23(20)32-3/h4-11,13,31H,12,14-15H2,1-3H3. The van der Waals surface area contributed by atoms with Crippen LogP contribution in [0.2, 0.25) is 0 Å². The quantitative estimate of drug-likeness (QED) is 0.253. The molecule has 1 aliphatic rings. The molecule has 0 bridgehead atoms. The molecule has 1 aliphatic heterocycles. The van der Waals surface area contributed by atoms with Crippen molar-refractivity contribution in [3.05, 3.63) is 88.2 Å². The molecule has 172 valence electrons. The largest absolute Gasteiger partial charge is 0.496 e. The van der Waals surface area contributed by atoms with E-state index in [1.54, 1.807) is 25.1 Å². The summed E-state index contributed by atoms with van der Waals surface area (Å²) in [7, 11) is 1.64. The first kappa shape index (κ1) is 22.4. The van der Waals surface area contributed by atoms with Gasteiger partial charge in [0, 0.05) is 29.5 Å². The number of nitrogens with zero attached hydrogens (tertiary/aromatic N) is 3. The van der Waals surface area contributed by atoms with Gasteiger partial charge in [0.15, 0.2) is 11.6 Å². The molecule has 0 spiro atoms. The smallest absolute Gasteiger partial charge is 0.227 e. The molecule has 0 aliphatic carbocycles. The minimum absolute atomic E-state index is 0.0970. The van der Waals surface area contributed by atoms with Gasteiger partial charge in [-0.1, -0.05) is 42.0 Å². The first-order chi connectivity index (χ1) is 16.6. The SMILES string of the molecule is COc1ccccc1-c1nc2c(c(SCc3cccc(C)c3)n1)Cc1c(CO)cnc(C)c1O2. The van der Waals surface area contributed by atoms with Crippen LogP contribution >= 0.6 is 11.8 Å². The van der Waals surface area contributed by atoms with E-state index in [0.717, 1.165) is 38.7 Å². The summed E-state index contributed by atoms with van der Waals surface area (Å²) in [5, 5.41) is 10.7. The molecule has 34 heavy (non-hydrogen) atoms. The average Bonchev–Trinajstić information content (AvgIpc) is 2.86. The predicted octanol–water partition coefficient (Wildman–Crippen LogP) is 5.65. The number of methoxy groups -OCH3 is 1. The monoisotopic (exact) mass is 471 g/mol. The molecule has 0 unspecified atom stereocenters. The molecule has 6 nitrogen and oxygen atoms in total. The molecular weight excluding hydrogens is 446 g/mol. The third-order valence-electron chi connectivity index (χ3n) is 5.86. The third kappa shape index (κ3) is 4.24. The minimum Gasteiger partial charge on any atom is -0.496 e. The van der Waals surface area contributed by atoms with Gasteiger partial charge in [-0.05, 0) is 31.5 Å². The lowest BCUT2D eigenvalue weighted by molar-refractivity contribution is 0.278. The highest BCUT2D eigenvalue weighted by atomic mass is 32.2. The van der Waals surface area contributed by atoms with E-state index < -0.39 is 0 Å². The number of hydrogen-bond acceptors (Lipinski definition) is 7. The summed E-state index contributed by atoms with van der Waals surface area (Å²) in [6.07, 6.45) is 2.29. The molecule has 2 aromatic heterocycles. The number of aliphatic hydroxyl groups is 1. The molecule has 5 rings (SSSR count). The number of ether oxygens (including phenoxy) is 2. The number of benzene rings is 2. The van der Waals surface area contributed by atoms with Gasteiger partial charge in [0.2, 0.25) is 5.88 Å². The molecule has 0 saturated carbocycles. The second-order valence-corrected chi connectivity index (χ2v) is 9.19. The molecule has 0 fully saturated rings. The number of pyridine rings is 1. The summed E-state index contributed by atoms with van der Waals surface area (Å²) in [6.45, 7) is 3.90. The fraction of sp³-hybridized carbons (Fsp3) is 0.222. The number of hydrogen-bond donors (Lipinski definition) is 1. The van der Waals surface area contributed by atoms with E-state index in [4.69, 9.17) is 19.4 Å². The van der Waals surface area contributed by atoms with Gasteiger partial charge in [0.25, 0.3) is 0 Å². The molecule has 4 aromatic rings. The summed E-state index contributed by atoms with van der Waals surface area (Å²) in [5.74, 6) is 3.21. The average molecular weight is 472 g/mol. The van der Waals surface area contributed by atoms with Gasteiger partial charge in [0.05, 0.1) is 30.5 Å². The van der Waals surface area contributed by atoms with E-state index in [-0.39, 0.29) is 6.61 Å². The van der Waals surface area contributed by atoms with Crippen molar-refractivity contribution in [1.82, 2.24) is 15.0 Å². The molecule has 3 heterocycles. The lowest BCUT2D eigenvalue weighted by atomic mass is 9.99. The topological polar surface area (TPSA) is 77.4 Å². The van der Waals surface area contributed by atoms with Crippen LogP contribution in [0, 0.1) is 13.8 Å². The Bertz CT molecular complexity index is 1370. The molecule has 1 N–H and O–H groups in total. The van der Waals surface area contributed by atoms with Crippen LogP contribution in [-0.4, -0.2) is 27.2 Å². The Kier molecular flexibility index (Phi) is 6.22.